The molecule has 2 bridgehead atoms. The molecule has 1 aromatic carbocycles. The molecule has 8 heteroatoms. The van der Waals surface area contributed by atoms with Crippen LogP contribution in [0.25, 0.3) is 0 Å². The van der Waals surface area contributed by atoms with Gasteiger partial charge in [-0.15, -0.1) is 0 Å². The molecule has 0 saturated heterocycles. The summed E-state index contributed by atoms with van der Waals surface area (Å²) < 4.78 is 43.1. The lowest BCUT2D eigenvalue weighted by molar-refractivity contribution is -0.253. The van der Waals surface area contributed by atoms with E-state index in [0.717, 1.165) is 0 Å². The first-order valence-corrected chi connectivity index (χ1v) is 9.69. The highest BCUT2D eigenvalue weighted by atomic mass is 32.2. The van der Waals surface area contributed by atoms with Crippen LogP contribution < -0.4 is 10.0 Å². The number of nitrogens with one attached hydrogen (secondary N) is 2. The molecule has 3 aliphatic carbocycles. The molecule has 3 fully saturated rings. The summed E-state index contributed by atoms with van der Waals surface area (Å²) in [6.45, 7) is 0. The molecule has 3 aliphatic rings. The fraction of sp³-hybridized carbons (Fsp3) is 0.556. The number of hydrogen-bond acceptors (Lipinski definition) is 4. The molecule has 26 heavy (non-hydrogen) atoms. The standard InChI is InChI=1S/C18H20F3N3OS/c1-26-24-14-3-2-12(11-22)10-13(14)15(25)23-17-7-4-16(5-8-17,6-9-17)18(19,20)21/h2-3,10,24H,4-9H2,1H3,(H,23,25). The summed E-state index contributed by atoms with van der Waals surface area (Å²) in [6, 6.07) is 6.80. The lowest BCUT2D eigenvalue weighted by Gasteiger charge is -2.53. The molecule has 0 atom stereocenters. The second-order valence-corrected chi connectivity index (χ2v) is 7.80. The summed E-state index contributed by atoms with van der Waals surface area (Å²) >= 11 is 1.32. The van der Waals surface area contributed by atoms with Crippen molar-refractivity contribution in [3.8, 4) is 6.07 Å². The number of amides is 1. The van der Waals surface area contributed by atoms with Crippen molar-refractivity contribution in [1.82, 2.24) is 5.32 Å². The summed E-state index contributed by atoms with van der Waals surface area (Å²) in [5.74, 6) is -0.347. The Hall–Kier alpha value is -1.88. The maximum Gasteiger partial charge on any atom is 0.394 e. The molecule has 0 radical (unpaired) electrons. The van der Waals surface area contributed by atoms with Gasteiger partial charge in [-0.3, -0.25) is 4.79 Å². The first kappa shape index (κ1) is 18.9. The average Bonchev–Trinajstić information content (AvgIpc) is 2.62. The first-order valence-electron chi connectivity index (χ1n) is 8.47. The molecule has 0 aromatic heterocycles. The zero-order valence-corrected chi connectivity index (χ0v) is 15.2. The number of anilines is 1. The van der Waals surface area contributed by atoms with Crippen molar-refractivity contribution >= 4 is 23.5 Å². The summed E-state index contributed by atoms with van der Waals surface area (Å²) in [5, 5.41) is 12.1. The number of hydrogen-bond donors (Lipinski definition) is 2. The Morgan fingerprint density at radius 3 is 2.31 bits per heavy atom. The smallest absolute Gasteiger partial charge is 0.347 e. The molecule has 0 spiro atoms. The van der Waals surface area contributed by atoms with Crippen LogP contribution in [0.15, 0.2) is 18.2 Å². The van der Waals surface area contributed by atoms with Crippen molar-refractivity contribution in [2.75, 3.05) is 11.0 Å². The topological polar surface area (TPSA) is 64.9 Å². The average molecular weight is 383 g/mol. The lowest BCUT2D eigenvalue weighted by Crippen LogP contribution is -2.59. The molecule has 2 N–H and O–H groups in total. The van der Waals surface area contributed by atoms with Gasteiger partial charge in [-0.25, -0.2) is 0 Å². The molecule has 140 valence electrons. The van der Waals surface area contributed by atoms with Crippen molar-refractivity contribution in [3.05, 3.63) is 29.3 Å². The van der Waals surface area contributed by atoms with Crippen molar-refractivity contribution < 1.29 is 18.0 Å². The summed E-state index contributed by atoms with van der Waals surface area (Å²) in [7, 11) is 0. The predicted molar refractivity (Wildman–Crippen MR) is 94.7 cm³/mol. The van der Waals surface area contributed by atoms with Crippen molar-refractivity contribution in [1.29, 1.82) is 5.26 Å². The van der Waals surface area contributed by atoms with Gasteiger partial charge in [-0.05, 0) is 56.7 Å². The Labute approximate surface area is 154 Å². The largest absolute Gasteiger partial charge is 0.394 e. The van der Waals surface area contributed by atoms with Crippen LogP contribution in [0.1, 0.15) is 54.4 Å². The molecule has 1 amide bonds. The van der Waals surface area contributed by atoms with Crippen LogP contribution in [0.3, 0.4) is 0 Å². The molecule has 0 aliphatic heterocycles. The van der Waals surface area contributed by atoms with Gasteiger partial charge in [0, 0.05) is 11.8 Å². The molecule has 4 rings (SSSR count). The number of benzene rings is 1. The van der Waals surface area contributed by atoms with Gasteiger partial charge in [-0.1, -0.05) is 11.9 Å². The number of nitrogens with zero attached hydrogens (tertiary/aromatic N) is 1. The first-order chi connectivity index (χ1) is 12.2. The number of fused-ring (bicyclic) bond motifs is 3. The second kappa shape index (κ2) is 6.69. The van der Waals surface area contributed by atoms with E-state index in [1.165, 1.54) is 18.0 Å². The van der Waals surface area contributed by atoms with Crippen LogP contribution in [-0.4, -0.2) is 23.9 Å². The van der Waals surface area contributed by atoms with Crippen LogP contribution in [0.5, 0.6) is 0 Å². The molecule has 0 heterocycles. The van der Waals surface area contributed by atoms with E-state index in [4.69, 9.17) is 5.26 Å². The van der Waals surface area contributed by atoms with E-state index in [1.807, 2.05) is 12.3 Å². The highest BCUT2D eigenvalue weighted by Gasteiger charge is 2.61. The third-order valence-corrected chi connectivity index (χ3v) is 6.26. The van der Waals surface area contributed by atoms with E-state index in [0.29, 0.717) is 36.1 Å². The lowest BCUT2D eigenvalue weighted by atomic mass is 9.57. The minimum absolute atomic E-state index is 0.0605. The Morgan fingerprint density at radius 1 is 1.19 bits per heavy atom. The Balaban J connectivity index is 1.79. The summed E-state index contributed by atoms with van der Waals surface area (Å²) in [6.07, 6.45) is -1.18. The highest BCUT2D eigenvalue weighted by molar-refractivity contribution is 7.99. The van der Waals surface area contributed by atoms with Gasteiger partial charge in [0.15, 0.2) is 0 Å². The maximum atomic E-state index is 13.4. The number of nitriles is 1. The SMILES string of the molecule is CSNc1ccc(C#N)cc1C(=O)NC12CCC(C(F)(F)F)(CC1)CC2. The third kappa shape index (κ3) is 3.25. The molecule has 1 aromatic rings. The van der Waals surface area contributed by atoms with E-state index in [2.05, 4.69) is 10.0 Å². The van der Waals surface area contributed by atoms with Crippen LogP contribution >= 0.6 is 11.9 Å². The van der Waals surface area contributed by atoms with E-state index in [1.54, 1.807) is 12.1 Å². The van der Waals surface area contributed by atoms with Crippen LogP contribution in [0.4, 0.5) is 18.9 Å². The van der Waals surface area contributed by atoms with Gasteiger partial charge < -0.3 is 10.0 Å². The number of rotatable bonds is 4. The van der Waals surface area contributed by atoms with Crippen molar-refractivity contribution in [3.63, 3.8) is 0 Å². The minimum Gasteiger partial charge on any atom is -0.347 e. The van der Waals surface area contributed by atoms with Gasteiger partial charge in [0.05, 0.1) is 28.3 Å². The predicted octanol–water partition coefficient (Wildman–Crippen LogP) is 4.63. The number of carbonyl (C=O) groups is 1. The van der Waals surface area contributed by atoms with Crippen LogP contribution in [0.2, 0.25) is 0 Å². The Kier molecular flexibility index (Phi) is 4.86. The fourth-order valence-electron chi connectivity index (χ4n) is 4.11. The fourth-order valence-corrected chi connectivity index (χ4v) is 4.51. The molecule has 3 saturated carbocycles. The number of alkyl halides is 3. The van der Waals surface area contributed by atoms with E-state index < -0.39 is 17.1 Å². The van der Waals surface area contributed by atoms with Crippen LogP contribution in [0, 0.1) is 16.7 Å². The van der Waals surface area contributed by atoms with Crippen LogP contribution in [-0.2, 0) is 0 Å². The van der Waals surface area contributed by atoms with Crippen molar-refractivity contribution in [2.24, 2.45) is 5.41 Å². The number of halogens is 3. The van der Waals surface area contributed by atoms with Gasteiger partial charge >= 0.3 is 6.18 Å². The third-order valence-electron chi connectivity index (χ3n) is 5.83. The van der Waals surface area contributed by atoms with E-state index in [9.17, 15) is 18.0 Å². The number of carbonyl (C=O) groups excluding carboxylic acids is 1. The monoisotopic (exact) mass is 383 g/mol. The quantitative estimate of drug-likeness (QED) is 0.744. The molecular weight excluding hydrogens is 363 g/mol. The van der Waals surface area contributed by atoms with Gasteiger partial charge in [0.25, 0.3) is 5.91 Å². The molecular formula is C18H20F3N3OS. The Morgan fingerprint density at radius 2 is 1.81 bits per heavy atom. The second-order valence-electron chi connectivity index (χ2n) is 7.19. The van der Waals surface area contributed by atoms with E-state index in [-0.39, 0.29) is 25.2 Å². The van der Waals surface area contributed by atoms with E-state index >= 15 is 0 Å². The van der Waals surface area contributed by atoms with Crippen molar-refractivity contribution in [2.45, 2.75) is 50.2 Å². The minimum atomic E-state index is -4.18. The molecule has 4 nitrogen and oxygen atoms in total. The van der Waals surface area contributed by atoms with Gasteiger partial charge in [0.1, 0.15) is 0 Å². The summed E-state index contributed by atoms with van der Waals surface area (Å²) in [4.78, 5) is 12.8. The zero-order chi connectivity index (χ0) is 19.0. The normalized spacial score (nSPS) is 27.7. The maximum absolute atomic E-state index is 13.4. The summed E-state index contributed by atoms with van der Waals surface area (Å²) in [5.41, 5.74) is -0.870. The Bertz CT molecular complexity index is 732. The molecule has 0 unspecified atom stereocenters. The van der Waals surface area contributed by atoms with Gasteiger partial charge in [0.2, 0.25) is 0 Å². The highest BCUT2D eigenvalue weighted by Crippen LogP contribution is 2.59. The van der Waals surface area contributed by atoms with Gasteiger partial charge in [-0.2, -0.15) is 18.4 Å². The zero-order valence-electron chi connectivity index (χ0n) is 14.4.